The molecule has 2 aromatic rings. The largest absolute Gasteiger partial charge is 0.461 e. The third kappa shape index (κ3) is 10.0. The molecule has 11 atom stereocenters. The molecule has 4 amide bonds. The summed E-state index contributed by atoms with van der Waals surface area (Å²) >= 11 is 0. The smallest absolute Gasteiger partial charge is 0.405 e. The fraction of sp³-hybridized carbons (Fsp3) is 0.617. The number of aryl methyl sites for hydroxylation is 1. The van der Waals surface area contributed by atoms with E-state index in [0.29, 0.717) is 17.4 Å². The van der Waals surface area contributed by atoms with Gasteiger partial charge in [-0.1, -0.05) is 77.4 Å². The van der Waals surface area contributed by atoms with Crippen LogP contribution in [-0.4, -0.2) is 101 Å². The Morgan fingerprint density at radius 2 is 1.53 bits per heavy atom. The SMILES string of the molecule is CCCCc1ccc(-c2ccc(C(=O)N3C[C@@H](N)C[C@H]3C(=O)N[C@H](C(=O)C[C@@H](C)C(=O)N[C@@H](CC(N)=O)C(=O)C[C@@H](C)B3O[C@@H]4C[C@@H]5C[C@@H](C5(C)C)[C@]4(C)O3)[C@@H](C)O)cc2)cc1. The van der Waals surface area contributed by atoms with Gasteiger partial charge in [0.25, 0.3) is 5.91 Å². The van der Waals surface area contributed by atoms with E-state index in [1.807, 2.05) is 19.1 Å². The molecule has 2 heterocycles. The fourth-order valence-corrected chi connectivity index (χ4v) is 10.3. The fourth-order valence-electron chi connectivity index (χ4n) is 10.3. The van der Waals surface area contributed by atoms with Crippen LogP contribution in [0.2, 0.25) is 5.82 Å². The molecular formula is C47H66BN5O9. The number of benzene rings is 2. The monoisotopic (exact) mass is 855 g/mol. The average Bonchev–Trinajstić information content (AvgIpc) is 3.81. The molecule has 0 aromatic heterocycles. The Balaban J connectivity index is 1.03. The van der Waals surface area contributed by atoms with Gasteiger partial charge < -0.3 is 41.4 Å². The molecule has 5 aliphatic rings. The summed E-state index contributed by atoms with van der Waals surface area (Å²) in [5.41, 5.74) is 15.1. The van der Waals surface area contributed by atoms with Gasteiger partial charge in [-0.15, -0.1) is 0 Å². The van der Waals surface area contributed by atoms with Crippen LogP contribution in [0, 0.1) is 23.2 Å². The lowest BCUT2D eigenvalue weighted by molar-refractivity contribution is -0.199. The Labute approximate surface area is 366 Å². The van der Waals surface area contributed by atoms with Crippen molar-refractivity contribution in [2.24, 2.45) is 34.6 Å². The summed E-state index contributed by atoms with van der Waals surface area (Å²) in [5.74, 6) is -4.06. The molecule has 2 saturated heterocycles. The van der Waals surface area contributed by atoms with Crippen LogP contribution >= 0.6 is 0 Å². The van der Waals surface area contributed by atoms with Crippen LogP contribution < -0.4 is 22.1 Å². The minimum atomic E-state index is -1.41. The molecule has 2 aromatic carbocycles. The van der Waals surface area contributed by atoms with E-state index in [1.54, 1.807) is 12.1 Å². The number of ketones is 2. The van der Waals surface area contributed by atoms with Gasteiger partial charge in [0.2, 0.25) is 17.7 Å². The van der Waals surface area contributed by atoms with Gasteiger partial charge in [-0.25, -0.2) is 0 Å². The predicted molar refractivity (Wildman–Crippen MR) is 235 cm³/mol. The number of likely N-dealkylation sites (tertiary alicyclic amines) is 1. The van der Waals surface area contributed by atoms with Crippen LogP contribution in [0.25, 0.3) is 11.1 Å². The highest BCUT2D eigenvalue weighted by atomic mass is 16.7. The second-order valence-electron chi connectivity index (χ2n) is 19.4. The highest BCUT2D eigenvalue weighted by Gasteiger charge is 2.68. The van der Waals surface area contributed by atoms with Gasteiger partial charge in [-0.05, 0) is 97.8 Å². The van der Waals surface area contributed by atoms with Crippen LogP contribution in [-0.2, 0) is 39.7 Å². The number of rotatable bonds is 19. The predicted octanol–water partition coefficient (Wildman–Crippen LogP) is 4.14. The number of hydrogen-bond donors (Lipinski definition) is 5. The summed E-state index contributed by atoms with van der Waals surface area (Å²) in [6, 6.07) is 11.3. The third-order valence-electron chi connectivity index (χ3n) is 14.3. The molecule has 7 rings (SSSR count). The molecule has 0 spiro atoms. The van der Waals surface area contributed by atoms with Crippen molar-refractivity contribution in [1.29, 1.82) is 0 Å². The first-order valence-electron chi connectivity index (χ1n) is 22.4. The molecule has 3 saturated carbocycles. The zero-order valence-electron chi connectivity index (χ0n) is 37.4. The highest BCUT2D eigenvalue weighted by Crippen LogP contribution is 2.66. The summed E-state index contributed by atoms with van der Waals surface area (Å²) in [4.78, 5) is 81.7. The number of nitrogens with zero attached hydrogens (tertiary/aromatic N) is 1. The van der Waals surface area contributed by atoms with Crippen molar-refractivity contribution in [3.05, 3.63) is 59.7 Å². The highest BCUT2D eigenvalue weighted by molar-refractivity contribution is 6.47. The van der Waals surface area contributed by atoms with Crippen molar-refractivity contribution in [2.45, 2.75) is 154 Å². The Morgan fingerprint density at radius 1 is 0.887 bits per heavy atom. The number of nitrogens with two attached hydrogens (primary N) is 2. The number of amides is 4. The average molecular weight is 856 g/mol. The molecule has 7 N–H and O–H groups in total. The van der Waals surface area contributed by atoms with Gasteiger partial charge in [-0.3, -0.25) is 28.8 Å². The topological polar surface area (TPSA) is 220 Å². The second-order valence-corrected chi connectivity index (χ2v) is 19.4. The van der Waals surface area contributed by atoms with Gasteiger partial charge in [0.15, 0.2) is 11.6 Å². The lowest BCUT2D eigenvalue weighted by atomic mass is 9.43. The summed E-state index contributed by atoms with van der Waals surface area (Å²) in [7, 11) is -0.626. The van der Waals surface area contributed by atoms with Crippen LogP contribution in [0.15, 0.2) is 48.5 Å². The minimum absolute atomic E-state index is 0.0457. The van der Waals surface area contributed by atoms with Crippen molar-refractivity contribution < 1.29 is 43.2 Å². The van der Waals surface area contributed by atoms with E-state index >= 15 is 0 Å². The molecule has 336 valence electrons. The molecule has 0 radical (unpaired) electrons. The van der Waals surface area contributed by atoms with Crippen molar-refractivity contribution >= 4 is 42.3 Å². The number of nitrogens with one attached hydrogen (secondary N) is 2. The zero-order valence-corrected chi connectivity index (χ0v) is 37.4. The standard InChI is InChI=1S/C47H66BN5O9/c1-8-9-10-29-11-13-30(14-12-29)31-15-17-32(18-16-31)45(60)53-25-34(49)23-36(53)44(59)52-42(28(4)54)38(56)19-26(2)43(58)51-35(24-41(50)57)37(55)20-27(3)48-61-40-22-33-21-39(46(33,5)6)47(40,7)62-48/h11-18,26-28,33-36,39-40,42,54H,8-10,19-25,49H2,1-7H3,(H2,50,57)(H,51,58)(H,52,59)/t26-,27-,28-,33+,34+,35+,36+,39+,40-,42+,47+/m1/s1. The van der Waals surface area contributed by atoms with E-state index in [9.17, 15) is 33.9 Å². The van der Waals surface area contributed by atoms with E-state index in [-0.39, 0.29) is 36.7 Å². The molecule has 62 heavy (non-hydrogen) atoms. The van der Waals surface area contributed by atoms with Crippen molar-refractivity contribution in [2.75, 3.05) is 6.54 Å². The summed E-state index contributed by atoms with van der Waals surface area (Å²) < 4.78 is 12.9. The minimum Gasteiger partial charge on any atom is -0.405 e. The first-order chi connectivity index (χ1) is 29.2. The molecule has 15 heteroatoms. The van der Waals surface area contributed by atoms with E-state index in [0.717, 1.165) is 43.2 Å². The Kier molecular flexibility index (Phi) is 14.5. The molecule has 14 nitrogen and oxygen atoms in total. The number of carbonyl (C=O) groups excluding carboxylic acids is 6. The Morgan fingerprint density at radius 3 is 2.13 bits per heavy atom. The van der Waals surface area contributed by atoms with Crippen LogP contribution in [0.4, 0.5) is 0 Å². The first-order valence-corrected chi connectivity index (χ1v) is 22.4. The molecule has 2 aliphatic heterocycles. The van der Waals surface area contributed by atoms with Crippen LogP contribution in [0.5, 0.6) is 0 Å². The summed E-state index contributed by atoms with van der Waals surface area (Å²) in [5, 5.41) is 15.9. The van der Waals surface area contributed by atoms with Gasteiger partial charge in [0.05, 0.1) is 30.3 Å². The van der Waals surface area contributed by atoms with Crippen molar-refractivity contribution in [3.8, 4) is 11.1 Å². The Hall–Kier alpha value is -4.44. The maximum Gasteiger partial charge on any atom is 0.461 e. The van der Waals surface area contributed by atoms with Gasteiger partial charge in [0.1, 0.15) is 12.1 Å². The first kappa shape index (κ1) is 47.1. The number of aliphatic hydroxyl groups is 1. The van der Waals surface area contributed by atoms with Gasteiger partial charge in [0, 0.05) is 36.9 Å². The van der Waals surface area contributed by atoms with Gasteiger partial charge in [-0.2, -0.15) is 0 Å². The lowest BCUT2D eigenvalue weighted by Crippen LogP contribution is -2.65. The maximum absolute atomic E-state index is 13.8. The van der Waals surface area contributed by atoms with Crippen molar-refractivity contribution in [3.63, 3.8) is 0 Å². The molecular weight excluding hydrogens is 789 g/mol. The summed E-state index contributed by atoms with van der Waals surface area (Å²) in [6.07, 6.45) is 3.10. The maximum atomic E-state index is 13.8. The van der Waals surface area contributed by atoms with Crippen LogP contribution in [0.3, 0.4) is 0 Å². The van der Waals surface area contributed by atoms with E-state index in [4.69, 9.17) is 20.8 Å². The number of aliphatic hydroxyl groups excluding tert-OH is 1. The number of carbonyl (C=O) groups is 6. The lowest BCUT2D eigenvalue weighted by Gasteiger charge is -2.64. The number of primary amides is 1. The molecule has 3 aliphatic carbocycles. The van der Waals surface area contributed by atoms with Gasteiger partial charge >= 0.3 is 7.12 Å². The van der Waals surface area contributed by atoms with E-state index < -0.39 is 96.9 Å². The third-order valence-corrected chi connectivity index (χ3v) is 14.3. The van der Waals surface area contributed by atoms with Crippen molar-refractivity contribution in [1.82, 2.24) is 15.5 Å². The summed E-state index contributed by atoms with van der Waals surface area (Å²) in [6.45, 7) is 13.6. The number of hydrogen-bond acceptors (Lipinski definition) is 10. The van der Waals surface area contributed by atoms with E-state index in [2.05, 4.69) is 62.6 Å². The zero-order chi connectivity index (χ0) is 45.3. The van der Waals surface area contributed by atoms with E-state index in [1.165, 1.54) is 24.3 Å². The molecule has 2 bridgehead atoms. The quantitative estimate of drug-likeness (QED) is 0.127. The number of unbranched alkanes of at least 4 members (excludes halogenated alkanes) is 1. The number of Topliss-reactive ketones (excluding diaryl/α,β-unsaturated/α-hetero) is 2. The molecule has 0 unspecified atom stereocenters. The normalized spacial score (nSPS) is 27.2. The molecule has 5 fully saturated rings. The van der Waals surface area contributed by atoms with Crippen LogP contribution in [0.1, 0.15) is 116 Å². The second kappa shape index (κ2) is 19.1. The Bertz CT molecular complexity index is 1990.